The van der Waals surface area contributed by atoms with Crippen molar-refractivity contribution >= 4 is 21.6 Å². The van der Waals surface area contributed by atoms with Crippen LogP contribution in [0.15, 0.2) is 33.7 Å². The minimum Gasteiger partial charge on any atom is -1.00 e. The molecule has 0 aromatic carbocycles. The molecule has 0 heterocycles. The van der Waals surface area contributed by atoms with Crippen molar-refractivity contribution in [1.29, 1.82) is 0 Å². The summed E-state index contributed by atoms with van der Waals surface area (Å²) in [7, 11) is -2.05. The first kappa shape index (κ1) is 37.6. The van der Waals surface area contributed by atoms with E-state index < -0.39 is 16.1 Å². The van der Waals surface area contributed by atoms with Crippen LogP contribution in [0.4, 0.5) is 0 Å². The Balaban J connectivity index is -0.000000428. The Bertz CT molecular complexity index is 608. The molecule has 0 nitrogen and oxygen atoms in total. The Morgan fingerprint density at radius 1 is 0.750 bits per heavy atom. The van der Waals surface area contributed by atoms with E-state index in [0.717, 1.165) is 12.8 Å². The number of unbranched alkanes of at least 4 members (excludes halogenated alkanes) is 2. The number of hydrogen-bond donors (Lipinski definition) is 0. The second-order valence-corrected chi connectivity index (χ2v) is 33.9. The van der Waals surface area contributed by atoms with Crippen LogP contribution >= 0.6 is 0 Å². The van der Waals surface area contributed by atoms with Gasteiger partial charge in [-0.15, -0.1) is 12.8 Å². The fraction of sp³-hybridized carbons (Fsp3) is 0.692. The van der Waals surface area contributed by atoms with Crippen molar-refractivity contribution in [1.82, 2.24) is 0 Å². The number of rotatable bonds is 8. The van der Waals surface area contributed by atoms with Crippen LogP contribution in [0.5, 0.6) is 0 Å². The van der Waals surface area contributed by atoms with Gasteiger partial charge in [0.05, 0.1) is 16.1 Å². The molecule has 0 unspecified atom stereocenters. The van der Waals surface area contributed by atoms with Gasteiger partial charge in [0.15, 0.2) is 0 Å². The Morgan fingerprint density at radius 2 is 1.03 bits per heavy atom. The van der Waals surface area contributed by atoms with Crippen LogP contribution < -0.4 is 24.8 Å². The molecule has 0 amide bonds. The van der Waals surface area contributed by atoms with Gasteiger partial charge in [-0.25, -0.2) is 23.3 Å². The zero-order valence-corrected chi connectivity index (χ0v) is 30.7. The van der Waals surface area contributed by atoms with Crippen LogP contribution in [0, 0.1) is 12.2 Å². The molecule has 0 aromatic heterocycles. The number of halogens is 2. The maximum absolute atomic E-state index is 3.51. The fourth-order valence-corrected chi connectivity index (χ4v) is 5.51. The zero-order valence-electron chi connectivity index (χ0n) is 22.6. The molecule has 0 fully saturated rings. The van der Waals surface area contributed by atoms with Gasteiger partial charge >= 0.3 is 41.6 Å². The topological polar surface area (TPSA) is 0 Å². The van der Waals surface area contributed by atoms with E-state index in [1.165, 1.54) is 72.7 Å². The van der Waals surface area contributed by atoms with E-state index in [2.05, 4.69) is 90.5 Å². The van der Waals surface area contributed by atoms with Gasteiger partial charge in [-0.2, -0.15) is 10.4 Å². The molecule has 0 bridgehead atoms. The molecule has 0 atom stereocenters. The van der Waals surface area contributed by atoms with Crippen LogP contribution in [0.3, 0.4) is 0 Å². The average Bonchev–Trinajstić information content (AvgIpc) is 3.27. The fourth-order valence-electron chi connectivity index (χ4n) is 3.06. The minimum absolute atomic E-state index is 0. The van der Waals surface area contributed by atoms with Crippen LogP contribution in [0.25, 0.3) is 0 Å². The third-order valence-electron chi connectivity index (χ3n) is 5.23. The molecule has 0 radical (unpaired) electrons. The molecule has 2 aliphatic rings. The van der Waals surface area contributed by atoms with Gasteiger partial charge in [-0.3, -0.25) is 12.2 Å². The van der Waals surface area contributed by atoms with Crippen molar-refractivity contribution in [3.05, 3.63) is 45.8 Å². The molecule has 2 rings (SSSR count). The molecule has 0 aliphatic heterocycles. The van der Waals surface area contributed by atoms with Gasteiger partial charge in [0.1, 0.15) is 0 Å². The molecule has 0 spiro atoms. The van der Waals surface area contributed by atoms with Gasteiger partial charge in [-0.05, 0) is 0 Å². The van der Waals surface area contributed by atoms with E-state index in [1.54, 1.807) is 10.4 Å². The standard InChI is InChI=1S/2C12H21Si.C2H6Si.2ClH.Hf/c2*1-5-6-7-11-8-9-12(10-11)13(2,3)4;1-3-2;;;/h2*10H,5-7,9H2,1-4H3;1-2H3;2*1H;/q2*-1;;;;+2/p-2. The molecular weight excluding hydrogens is 646 g/mol. The summed E-state index contributed by atoms with van der Waals surface area (Å²) in [5.74, 6) is 0. The molecule has 0 saturated carbocycles. The van der Waals surface area contributed by atoms with Gasteiger partial charge in [0, 0.05) is 0 Å². The van der Waals surface area contributed by atoms with Crippen molar-refractivity contribution in [3.8, 4) is 0 Å². The minimum atomic E-state index is -1.03. The third-order valence-corrected chi connectivity index (χ3v) is 9.73. The second kappa shape index (κ2) is 19.3. The van der Waals surface area contributed by atoms with E-state index in [-0.39, 0.29) is 30.3 Å². The van der Waals surface area contributed by atoms with Gasteiger partial charge in [-0.1, -0.05) is 91.7 Å². The Labute approximate surface area is 231 Å². The molecule has 0 N–H and O–H groups in total. The van der Waals surface area contributed by atoms with Crippen molar-refractivity contribution in [2.24, 2.45) is 0 Å². The van der Waals surface area contributed by atoms with Gasteiger partial charge < -0.3 is 24.8 Å². The van der Waals surface area contributed by atoms with E-state index in [1.807, 2.05) is 0 Å². The quantitative estimate of drug-likeness (QED) is 0.271. The summed E-state index contributed by atoms with van der Waals surface area (Å²) in [6.07, 6.45) is 21.8. The van der Waals surface area contributed by atoms with Gasteiger partial charge in [0.25, 0.3) is 0 Å². The van der Waals surface area contributed by atoms with Crippen LogP contribution in [0.1, 0.15) is 65.2 Å². The Hall–Kier alpha value is 1.06. The van der Waals surface area contributed by atoms with E-state index in [9.17, 15) is 0 Å². The van der Waals surface area contributed by atoms with E-state index in [4.69, 9.17) is 0 Å². The first-order valence-electron chi connectivity index (χ1n) is 11.9. The summed E-state index contributed by atoms with van der Waals surface area (Å²) in [6, 6.07) is 0. The first-order valence-corrected chi connectivity index (χ1v) is 26.8. The van der Waals surface area contributed by atoms with Crippen LogP contribution in [-0.4, -0.2) is 21.6 Å². The largest absolute Gasteiger partial charge is 1.00 e. The molecule has 6 heteroatoms. The maximum atomic E-state index is 3.51. The van der Waals surface area contributed by atoms with E-state index >= 15 is 0 Å². The predicted molar refractivity (Wildman–Crippen MR) is 142 cm³/mol. The molecule has 0 saturated heterocycles. The summed E-state index contributed by atoms with van der Waals surface area (Å²) >= 11 is 1.45. The number of allylic oxidation sites excluding steroid dienone is 8. The third kappa shape index (κ3) is 18.4. The average molecular weight is 694 g/mol. The predicted octanol–water partition coefficient (Wildman–Crippen LogP) is 3.02. The van der Waals surface area contributed by atoms with Crippen molar-refractivity contribution in [2.45, 2.75) is 118 Å². The SMILES string of the molecule is CCCCC1=[C-]CC([Si](C)(C)C)=C1.CCCCC1=[C-]CC([Si](C)(C)C)=C1.C[Si](C)=[Hf+2].[Cl-].[Cl-]. The summed E-state index contributed by atoms with van der Waals surface area (Å²) in [4.78, 5) is 0. The Kier molecular flexibility index (Phi) is 22.7. The molecule has 32 heavy (non-hydrogen) atoms. The number of hydrogen-bond acceptors (Lipinski definition) is 0. The zero-order chi connectivity index (χ0) is 23.4. The smallest absolute Gasteiger partial charge is 1.00 e. The normalized spacial score (nSPS) is 14.9. The molecule has 184 valence electrons. The summed E-state index contributed by atoms with van der Waals surface area (Å²) in [5, 5.41) is 3.36. The molecule has 0 aromatic rings. The second-order valence-electron chi connectivity index (χ2n) is 10.8. The molecule has 2 aliphatic carbocycles. The van der Waals surface area contributed by atoms with E-state index in [0.29, 0.717) is 0 Å². The van der Waals surface area contributed by atoms with Crippen molar-refractivity contribution < 1.29 is 47.8 Å². The van der Waals surface area contributed by atoms with Crippen LogP contribution in [0.2, 0.25) is 52.4 Å². The molecular formula is C26H48Cl2HfSi3-2. The summed E-state index contributed by atoms with van der Waals surface area (Å²) in [5.41, 5.74) is 3.20. The first-order chi connectivity index (χ1) is 13.8. The Morgan fingerprint density at radius 3 is 1.22 bits per heavy atom. The van der Waals surface area contributed by atoms with Crippen molar-refractivity contribution in [2.75, 3.05) is 0 Å². The monoisotopic (exact) mass is 694 g/mol. The summed E-state index contributed by atoms with van der Waals surface area (Å²) in [6.45, 7) is 23.7. The van der Waals surface area contributed by atoms with Crippen LogP contribution in [-0.2, 0) is 23.0 Å². The van der Waals surface area contributed by atoms with Gasteiger partial charge in [0.2, 0.25) is 0 Å². The maximum Gasteiger partial charge on any atom is -1.00 e. The summed E-state index contributed by atoms with van der Waals surface area (Å²) < 4.78 is 0. The van der Waals surface area contributed by atoms with Crippen molar-refractivity contribution in [3.63, 3.8) is 0 Å².